The maximum absolute atomic E-state index is 12.1. The predicted molar refractivity (Wildman–Crippen MR) is 81.7 cm³/mol. The molecule has 1 aliphatic heterocycles. The first-order valence-corrected chi connectivity index (χ1v) is 8.05. The zero-order valence-electron chi connectivity index (χ0n) is 12.0. The largest absolute Gasteiger partial charge is 0.497 e. The number of ether oxygens (including phenoxy) is 2. The van der Waals surface area contributed by atoms with E-state index in [-0.39, 0.29) is 11.8 Å². The molecule has 4 nitrogen and oxygen atoms in total. The molecule has 0 fully saturated rings. The van der Waals surface area contributed by atoms with Gasteiger partial charge in [-0.2, -0.15) is 11.8 Å². The summed E-state index contributed by atoms with van der Waals surface area (Å²) in [7, 11) is 1.63. The number of rotatable bonds is 6. The van der Waals surface area contributed by atoms with Crippen LogP contribution >= 0.6 is 11.8 Å². The van der Waals surface area contributed by atoms with E-state index in [9.17, 15) is 4.79 Å². The molecule has 110 valence electrons. The van der Waals surface area contributed by atoms with E-state index in [1.807, 2.05) is 30.0 Å². The van der Waals surface area contributed by atoms with Gasteiger partial charge in [0.15, 0.2) is 0 Å². The van der Waals surface area contributed by atoms with Crippen LogP contribution in [0.2, 0.25) is 0 Å². The number of hydrogen-bond acceptors (Lipinski definition) is 4. The van der Waals surface area contributed by atoms with Gasteiger partial charge in [-0.05, 0) is 23.8 Å². The Bertz CT molecular complexity index is 464. The van der Waals surface area contributed by atoms with Crippen molar-refractivity contribution in [3.63, 3.8) is 0 Å². The number of carbonyl (C=O) groups excluding carboxylic acids is 1. The van der Waals surface area contributed by atoms with Crippen molar-refractivity contribution in [1.82, 2.24) is 5.32 Å². The van der Waals surface area contributed by atoms with Crippen molar-refractivity contribution in [2.75, 3.05) is 31.8 Å². The van der Waals surface area contributed by atoms with Crippen molar-refractivity contribution in [1.29, 1.82) is 0 Å². The summed E-state index contributed by atoms with van der Waals surface area (Å²) in [6.07, 6.45) is 0.728. The van der Waals surface area contributed by atoms with Crippen LogP contribution in [0.5, 0.6) is 11.5 Å². The van der Waals surface area contributed by atoms with E-state index in [0.29, 0.717) is 6.61 Å². The maximum Gasteiger partial charge on any atom is 0.226 e. The molecule has 1 N–H and O–H groups in total. The highest BCUT2D eigenvalue weighted by Crippen LogP contribution is 2.30. The lowest BCUT2D eigenvalue weighted by molar-refractivity contribution is -0.126. The maximum atomic E-state index is 12.1. The lowest BCUT2D eigenvalue weighted by Gasteiger charge is -2.25. The number of fused-ring (bicyclic) bond motifs is 1. The molecule has 20 heavy (non-hydrogen) atoms. The smallest absolute Gasteiger partial charge is 0.226 e. The van der Waals surface area contributed by atoms with Gasteiger partial charge in [0.25, 0.3) is 0 Å². The molecule has 0 unspecified atom stereocenters. The fourth-order valence-corrected chi connectivity index (χ4v) is 2.72. The average molecular weight is 295 g/mol. The summed E-state index contributed by atoms with van der Waals surface area (Å²) in [5, 5.41) is 2.98. The molecule has 0 radical (unpaired) electrons. The first kappa shape index (κ1) is 15.0. The normalized spacial score (nSPS) is 17.0. The molecule has 0 saturated heterocycles. The first-order chi connectivity index (χ1) is 9.74. The number of benzene rings is 1. The monoisotopic (exact) mass is 295 g/mol. The standard InChI is InChI=1S/C15H21NO3S/c1-3-20-7-6-16-15(17)12-8-11-4-5-13(18-2)9-14(11)19-10-12/h4-5,9,12H,3,6-8,10H2,1-2H3,(H,16,17)/t12-/m1/s1. The van der Waals surface area contributed by atoms with E-state index in [1.165, 1.54) is 0 Å². The van der Waals surface area contributed by atoms with Crippen molar-refractivity contribution >= 4 is 17.7 Å². The van der Waals surface area contributed by atoms with Gasteiger partial charge in [-0.1, -0.05) is 13.0 Å². The Labute approximate surface area is 124 Å². The Balaban J connectivity index is 1.88. The summed E-state index contributed by atoms with van der Waals surface area (Å²) >= 11 is 1.83. The molecule has 1 heterocycles. The molecule has 1 atom stereocenters. The highest BCUT2D eigenvalue weighted by molar-refractivity contribution is 7.99. The van der Waals surface area contributed by atoms with Gasteiger partial charge < -0.3 is 14.8 Å². The van der Waals surface area contributed by atoms with Gasteiger partial charge in [-0.25, -0.2) is 0 Å². The van der Waals surface area contributed by atoms with Crippen molar-refractivity contribution in [3.8, 4) is 11.5 Å². The quantitative estimate of drug-likeness (QED) is 0.817. The Morgan fingerprint density at radius 1 is 1.55 bits per heavy atom. The number of amides is 1. The van der Waals surface area contributed by atoms with Gasteiger partial charge in [0.05, 0.1) is 13.0 Å². The van der Waals surface area contributed by atoms with Crippen molar-refractivity contribution in [2.24, 2.45) is 5.92 Å². The third kappa shape index (κ3) is 3.82. The van der Waals surface area contributed by atoms with Crippen molar-refractivity contribution < 1.29 is 14.3 Å². The minimum Gasteiger partial charge on any atom is -0.497 e. The van der Waals surface area contributed by atoms with Gasteiger partial charge in [-0.3, -0.25) is 4.79 Å². The van der Waals surface area contributed by atoms with Gasteiger partial charge in [-0.15, -0.1) is 0 Å². The van der Waals surface area contributed by atoms with Crippen molar-refractivity contribution in [3.05, 3.63) is 23.8 Å². The fraction of sp³-hybridized carbons (Fsp3) is 0.533. The molecule has 1 amide bonds. The molecule has 5 heteroatoms. The van der Waals surface area contributed by atoms with Crippen molar-refractivity contribution in [2.45, 2.75) is 13.3 Å². The van der Waals surface area contributed by atoms with Gasteiger partial charge >= 0.3 is 0 Å². The number of carbonyl (C=O) groups is 1. The molecule has 0 aromatic heterocycles. The molecule has 0 spiro atoms. The SMILES string of the molecule is CCSCCNC(=O)[C@H]1COc2cc(OC)ccc2C1. The molecule has 0 saturated carbocycles. The van der Waals surface area contributed by atoms with E-state index in [2.05, 4.69) is 12.2 Å². The second-order valence-electron chi connectivity index (χ2n) is 4.67. The summed E-state index contributed by atoms with van der Waals surface area (Å²) in [4.78, 5) is 12.1. The Hall–Kier alpha value is -1.36. The van der Waals surface area contributed by atoms with Crippen LogP contribution in [0.1, 0.15) is 12.5 Å². The number of nitrogens with one attached hydrogen (secondary N) is 1. The van der Waals surface area contributed by atoms with E-state index < -0.39 is 0 Å². The highest BCUT2D eigenvalue weighted by atomic mass is 32.2. The minimum absolute atomic E-state index is 0.0863. The molecule has 1 aliphatic rings. The number of methoxy groups -OCH3 is 1. The van der Waals surface area contributed by atoms with Crippen LogP contribution < -0.4 is 14.8 Å². The summed E-state index contributed by atoms with van der Waals surface area (Å²) in [6, 6.07) is 5.75. The Morgan fingerprint density at radius 2 is 2.40 bits per heavy atom. The molecule has 2 rings (SSSR count). The van der Waals surface area contributed by atoms with Crippen LogP contribution in [0.3, 0.4) is 0 Å². The van der Waals surface area contributed by atoms with E-state index in [0.717, 1.165) is 41.5 Å². The molecular formula is C15H21NO3S. The Kier molecular flexibility index (Phi) is 5.59. The van der Waals surface area contributed by atoms with Gasteiger partial charge in [0.2, 0.25) is 5.91 Å². The number of thioether (sulfide) groups is 1. The third-order valence-corrected chi connectivity index (χ3v) is 4.20. The van der Waals surface area contributed by atoms with Crippen LogP contribution in [-0.4, -0.2) is 37.7 Å². The second-order valence-corrected chi connectivity index (χ2v) is 6.07. The van der Waals surface area contributed by atoms with E-state index >= 15 is 0 Å². The summed E-state index contributed by atoms with van der Waals surface area (Å²) in [6.45, 7) is 3.28. The zero-order chi connectivity index (χ0) is 14.4. The van der Waals surface area contributed by atoms with Gasteiger partial charge in [0, 0.05) is 18.4 Å². The second kappa shape index (κ2) is 7.43. The average Bonchev–Trinajstić information content (AvgIpc) is 2.50. The lowest BCUT2D eigenvalue weighted by Crippen LogP contribution is -2.38. The third-order valence-electron chi connectivity index (χ3n) is 3.30. The van der Waals surface area contributed by atoms with Crippen LogP contribution in [0.15, 0.2) is 18.2 Å². The van der Waals surface area contributed by atoms with Crippen LogP contribution in [0.25, 0.3) is 0 Å². The topological polar surface area (TPSA) is 47.6 Å². The highest BCUT2D eigenvalue weighted by Gasteiger charge is 2.25. The summed E-state index contributed by atoms with van der Waals surface area (Å²) < 4.78 is 10.9. The summed E-state index contributed by atoms with van der Waals surface area (Å²) in [5.41, 5.74) is 1.07. The number of hydrogen-bond donors (Lipinski definition) is 1. The minimum atomic E-state index is -0.0949. The summed E-state index contributed by atoms with van der Waals surface area (Å²) in [5.74, 6) is 3.64. The molecular weight excluding hydrogens is 274 g/mol. The van der Waals surface area contributed by atoms with Crippen LogP contribution in [0, 0.1) is 5.92 Å². The lowest BCUT2D eigenvalue weighted by atomic mass is 9.96. The molecule has 0 bridgehead atoms. The van der Waals surface area contributed by atoms with Crippen LogP contribution in [-0.2, 0) is 11.2 Å². The first-order valence-electron chi connectivity index (χ1n) is 6.89. The van der Waals surface area contributed by atoms with E-state index in [4.69, 9.17) is 9.47 Å². The fourth-order valence-electron chi connectivity index (χ4n) is 2.18. The van der Waals surface area contributed by atoms with Crippen LogP contribution in [0.4, 0.5) is 0 Å². The predicted octanol–water partition coefficient (Wildman–Crippen LogP) is 2.12. The molecule has 1 aromatic rings. The van der Waals surface area contributed by atoms with E-state index in [1.54, 1.807) is 7.11 Å². The van der Waals surface area contributed by atoms with Gasteiger partial charge in [0.1, 0.15) is 18.1 Å². The zero-order valence-corrected chi connectivity index (χ0v) is 12.8. The molecule has 1 aromatic carbocycles. The Morgan fingerprint density at radius 3 is 3.15 bits per heavy atom. The molecule has 0 aliphatic carbocycles.